The van der Waals surface area contributed by atoms with Crippen molar-refractivity contribution in [1.29, 1.82) is 0 Å². The number of ether oxygens (including phenoxy) is 8. The second-order valence-corrected chi connectivity index (χ2v) is 9.28. The molecule has 0 heterocycles. The largest absolute Gasteiger partial charge is 0.469 e. The molecule has 0 bridgehead atoms. The molecule has 0 aliphatic rings. The van der Waals surface area contributed by atoms with Crippen molar-refractivity contribution in [3.63, 3.8) is 0 Å². The Morgan fingerprint density at radius 3 is 0.795 bits per heavy atom. The summed E-state index contributed by atoms with van der Waals surface area (Å²) in [6.45, 7) is -1.62. The first kappa shape index (κ1) is 39.7. The van der Waals surface area contributed by atoms with Crippen molar-refractivity contribution in [2.24, 2.45) is 0 Å². The van der Waals surface area contributed by atoms with Crippen molar-refractivity contribution in [2.45, 2.75) is 49.6 Å². The predicted molar refractivity (Wildman–Crippen MR) is 143 cm³/mol. The van der Waals surface area contributed by atoms with Crippen LogP contribution in [-0.2, 0) is 76.3 Å². The maximum Gasteiger partial charge on any atom is 0.307 e. The van der Waals surface area contributed by atoms with Crippen LogP contribution in [0.25, 0.3) is 0 Å². The standard InChI is InChI=1S/C26H40N2O16/c1-37-19(31)9-25(10-20(32)38-2,11-21(33)39-3)27-17(29)15-43-7-8-44-16-18(30)28-26(12-22(34)40-4,13-23(35)41-5)14-24(36)42-6/h7-16H2,1-6H3,(H,27,29)(H,28,30). The van der Waals surface area contributed by atoms with E-state index in [0.29, 0.717) is 0 Å². The lowest BCUT2D eigenvalue weighted by Gasteiger charge is -2.32. The lowest BCUT2D eigenvalue weighted by Crippen LogP contribution is -2.54. The van der Waals surface area contributed by atoms with Gasteiger partial charge in [0.05, 0.1) is 105 Å². The van der Waals surface area contributed by atoms with Gasteiger partial charge in [-0.1, -0.05) is 0 Å². The molecule has 0 aromatic rings. The normalized spacial score (nSPS) is 11.0. The van der Waals surface area contributed by atoms with E-state index in [1.54, 1.807) is 0 Å². The highest BCUT2D eigenvalue weighted by molar-refractivity contribution is 5.85. The average molecular weight is 637 g/mol. The number of hydrogen-bond acceptors (Lipinski definition) is 16. The van der Waals surface area contributed by atoms with Gasteiger partial charge in [0.2, 0.25) is 11.8 Å². The van der Waals surface area contributed by atoms with Crippen molar-refractivity contribution in [3.8, 4) is 0 Å². The molecule has 0 aliphatic carbocycles. The van der Waals surface area contributed by atoms with Crippen LogP contribution in [0, 0.1) is 0 Å². The SMILES string of the molecule is COC(=O)CC(CC(=O)OC)(CC(=O)OC)NC(=O)COCCOCC(=O)NC(CC(=O)OC)(CC(=O)OC)CC(=O)OC. The Morgan fingerprint density at radius 2 is 0.614 bits per heavy atom. The highest BCUT2D eigenvalue weighted by atomic mass is 16.5. The van der Waals surface area contributed by atoms with Crippen LogP contribution in [0.2, 0.25) is 0 Å². The van der Waals surface area contributed by atoms with Crippen LogP contribution in [0.1, 0.15) is 38.5 Å². The highest BCUT2D eigenvalue weighted by Gasteiger charge is 2.41. The monoisotopic (exact) mass is 636 g/mol. The van der Waals surface area contributed by atoms with Gasteiger partial charge in [0.15, 0.2) is 0 Å². The van der Waals surface area contributed by atoms with E-state index in [1.807, 2.05) is 0 Å². The summed E-state index contributed by atoms with van der Waals surface area (Å²) in [4.78, 5) is 97.2. The Hall–Kier alpha value is -4.32. The van der Waals surface area contributed by atoms with Gasteiger partial charge in [-0.25, -0.2) is 0 Å². The molecule has 0 atom stereocenters. The third kappa shape index (κ3) is 15.8. The minimum absolute atomic E-state index is 0.212. The van der Waals surface area contributed by atoms with Gasteiger partial charge >= 0.3 is 35.8 Å². The first-order valence-corrected chi connectivity index (χ1v) is 12.9. The molecule has 250 valence electrons. The summed E-state index contributed by atoms with van der Waals surface area (Å²) < 4.78 is 38.2. The number of carbonyl (C=O) groups is 8. The second kappa shape index (κ2) is 20.6. The number of hydrogen-bond donors (Lipinski definition) is 2. The summed E-state index contributed by atoms with van der Waals surface area (Å²) in [6, 6.07) is 0. The lowest BCUT2D eigenvalue weighted by atomic mass is 9.87. The fourth-order valence-corrected chi connectivity index (χ4v) is 3.84. The third-order valence-electron chi connectivity index (χ3n) is 5.91. The Kier molecular flexibility index (Phi) is 18.5. The summed E-state index contributed by atoms with van der Waals surface area (Å²) in [5, 5.41) is 4.87. The van der Waals surface area contributed by atoms with Crippen molar-refractivity contribution in [3.05, 3.63) is 0 Å². The Labute approximate surface area is 253 Å². The maximum absolute atomic E-state index is 12.6. The number of rotatable bonds is 21. The molecule has 0 saturated carbocycles. The lowest BCUT2D eigenvalue weighted by molar-refractivity contribution is -0.153. The van der Waals surface area contributed by atoms with Crippen molar-refractivity contribution in [1.82, 2.24) is 10.6 Å². The molecule has 18 nitrogen and oxygen atoms in total. The Balaban J connectivity index is 5.21. The van der Waals surface area contributed by atoms with E-state index in [0.717, 1.165) is 42.7 Å². The van der Waals surface area contributed by atoms with Crippen LogP contribution in [0.3, 0.4) is 0 Å². The van der Waals surface area contributed by atoms with Gasteiger partial charge in [-0.2, -0.15) is 0 Å². The van der Waals surface area contributed by atoms with E-state index in [2.05, 4.69) is 39.1 Å². The van der Waals surface area contributed by atoms with Crippen molar-refractivity contribution >= 4 is 47.6 Å². The van der Waals surface area contributed by atoms with Crippen LogP contribution in [0.4, 0.5) is 0 Å². The van der Waals surface area contributed by atoms with Crippen LogP contribution in [0.15, 0.2) is 0 Å². The second-order valence-electron chi connectivity index (χ2n) is 9.28. The van der Waals surface area contributed by atoms with Crippen LogP contribution >= 0.6 is 0 Å². The van der Waals surface area contributed by atoms with Gasteiger partial charge in [-0.05, 0) is 0 Å². The summed E-state index contributed by atoms with van der Waals surface area (Å²) in [5.41, 5.74) is -3.46. The summed E-state index contributed by atoms with van der Waals surface area (Å²) in [7, 11) is 6.54. The smallest absolute Gasteiger partial charge is 0.307 e. The molecule has 0 saturated heterocycles. The van der Waals surface area contributed by atoms with Crippen LogP contribution in [0.5, 0.6) is 0 Å². The quantitative estimate of drug-likeness (QED) is 0.0796. The molecule has 44 heavy (non-hydrogen) atoms. The van der Waals surface area contributed by atoms with E-state index in [1.165, 1.54) is 0 Å². The predicted octanol–water partition coefficient (Wildman–Crippen LogP) is -1.89. The molecule has 2 amide bonds. The zero-order valence-electron chi connectivity index (χ0n) is 25.6. The molecular formula is C26H40N2O16. The fourth-order valence-electron chi connectivity index (χ4n) is 3.84. The Morgan fingerprint density at radius 1 is 0.409 bits per heavy atom. The fraction of sp³-hybridized carbons (Fsp3) is 0.692. The maximum atomic E-state index is 12.6. The number of nitrogens with one attached hydrogen (secondary N) is 2. The molecule has 0 aromatic heterocycles. The van der Waals surface area contributed by atoms with Gasteiger partial charge in [-0.15, -0.1) is 0 Å². The van der Waals surface area contributed by atoms with Gasteiger partial charge in [0, 0.05) is 0 Å². The van der Waals surface area contributed by atoms with Crippen molar-refractivity contribution in [2.75, 3.05) is 69.1 Å². The van der Waals surface area contributed by atoms with Crippen LogP contribution < -0.4 is 10.6 Å². The minimum atomic E-state index is -1.73. The molecule has 0 aromatic carbocycles. The molecule has 0 rings (SSSR count). The van der Waals surface area contributed by atoms with E-state index in [-0.39, 0.29) is 13.2 Å². The zero-order valence-corrected chi connectivity index (χ0v) is 25.6. The van der Waals surface area contributed by atoms with Gasteiger partial charge < -0.3 is 48.5 Å². The summed E-state index contributed by atoms with van der Waals surface area (Å²) in [6.07, 6.45) is -3.33. The minimum Gasteiger partial charge on any atom is -0.469 e. The number of methoxy groups -OCH3 is 6. The molecule has 0 fully saturated rings. The molecule has 18 heteroatoms. The summed E-state index contributed by atoms with van der Waals surface area (Å²) >= 11 is 0. The molecule has 0 unspecified atom stereocenters. The number of amides is 2. The highest BCUT2D eigenvalue weighted by Crippen LogP contribution is 2.24. The van der Waals surface area contributed by atoms with Gasteiger partial charge in [-0.3, -0.25) is 38.4 Å². The average Bonchev–Trinajstić information content (AvgIpc) is 2.97. The van der Waals surface area contributed by atoms with E-state index in [4.69, 9.17) is 9.47 Å². The van der Waals surface area contributed by atoms with Gasteiger partial charge in [0.1, 0.15) is 13.2 Å². The third-order valence-corrected chi connectivity index (χ3v) is 5.91. The van der Waals surface area contributed by atoms with E-state index in [9.17, 15) is 38.4 Å². The zero-order chi connectivity index (χ0) is 33.8. The molecular weight excluding hydrogens is 596 g/mol. The number of esters is 6. The summed E-state index contributed by atoms with van der Waals surface area (Å²) in [5.74, 6) is -6.53. The first-order valence-electron chi connectivity index (χ1n) is 12.9. The van der Waals surface area contributed by atoms with Crippen molar-refractivity contribution < 1.29 is 76.3 Å². The topological polar surface area (TPSA) is 234 Å². The number of carbonyl (C=O) groups excluding carboxylic acids is 8. The van der Waals surface area contributed by atoms with E-state index < -0.39 is 110 Å². The molecule has 0 spiro atoms. The molecule has 0 aliphatic heterocycles. The molecule has 0 radical (unpaired) electrons. The first-order chi connectivity index (χ1) is 20.7. The van der Waals surface area contributed by atoms with E-state index >= 15 is 0 Å². The van der Waals surface area contributed by atoms with Crippen LogP contribution in [-0.4, -0.2) is 128 Å². The molecule has 2 N–H and O–H groups in total. The van der Waals surface area contributed by atoms with Gasteiger partial charge in [0.25, 0.3) is 0 Å². The Bertz CT molecular complexity index is 856.